The molecule has 0 saturated heterocycles. The summed E-state index contributed by atoms with van der Waals surface area (Å²) in [5.41, 5.74) is -1.34. The molecule has 3 atom stereocenters. The molecule has 0 aliphatic heterocycles. The maximum Gasteiger partial charge on any atom is 0.324 e. The van der Waals surface area contributed by atoms with E-state index in [-0.39, 0.29) is 6.42 Å². The van der Waals surface area contributed by atoms with Gasteiger partial charge in [-0.3, -0.25) is 14.5 Å². The summed E-state index contributed by atoms with van der Waals surface area (Å²) in [7, 11) is 3.35. The Morgan fingerprint density at radius 3 is 2.37 bits per heavy atom. The van der Waals surface area contributed by atoms with Gasteiger partial charge in [-0.05, 0) is 43.8 Å². The molecule has 158 valence electrons. The van der Waals surface area contributed by atoms with Crippen LogP contribution in [0.2, 0.25) is 0 Å². The number of nitrogens with zero attached hydrogens (tertiary/aromatic N) is 1. The predicted molar refractivity (Wildman–Crippen MR) is 114 cm³/mol. The highest BCUT2D eigenvalue weighted by molar-refractivity contribution is 5.89. The van der Waals surface area contributed by atoms with Gasteiger partial charge in [-0.2, -0.15) is 0 Å². The molecule has 0 aromatic heterocycles. The van der Waals surface area contributed by atoms with Gasteiger partial charge in [-0.15, -0.1) is 0 Å². The van der Waals surface area contributed by atoms with E-state index in [1.165, 1.54) is 0 Å². The van der Waals surface area contributed by atoms with E-state index in [9.17, 15) is 19.8 Å². The number of benzene rings is 2. The molecule has 1 aliphatic carbocycles. The third-order valence-corrected chi connectivity index (χ3v) is 6.29. The topological polar surface area (TPSA) is 87.1 Å². The van der Waals surface area contributed by atoms with Gasteiger partial charge in [0.05, 0.1) is 0 Å². The molecule has 2 N–H and O–H groups in total. The van der Waals surface area contributed by atoms with Gasteiger partial charge >= 0.3 is 11.9 Å². The summed E-state index contributed by atoms with van der Waals surface area (Å²) in [6, 6.07) is 16.6. The first-order valence-electron chi connectivity index (χ1n) is 9.84. The van der Waals surface area contributed by atoms with Crippen LogP contribution in [0.4, 0.5) is 0 Å². The zero-order valence-electron chi connectivity index (χ0n) is 17.4. The van der Waals surface area contributed by atoms with E-state index in [2.05, 4.69) is 0 Å². The molecule has 2 aromatic carbocycles. The van der Waals surface area contributed by atoms with Gasteiger partial charge < -0.3 is 14.9 Å². The Morgan fingerprint density at radius 2 is 1.77 bits per heavy atom. The Bertz CT molecular complexity index is 955. The van der Waals surface area contributed by atoms with Crippen LogP contribution in [0.5, 0.6) is 5.75 Å². The maximum absolute atomic E-state index is 12.6. The lowest BCUT2D eigenvalue weighted by Crippen LogP contribution is -2.64. The second-order valence-corrected chi connectivity index (χ2v) is 7.93. The average Bonchev–Trinajstić information content (AvgIpc) is 2.73. The normalized spacial score (nSPS) is 25.8. The molecule has 0 radical (unpaired) electrons. The highest BCUT2D eigenvalue weighted by atomic mass is 16.5. The molecule has 2 aromatic rings. The van der Waals surface area contributed by atoms with E-state index in [0.29, 0.717) is 17.9 Å². The van der Waals surface area contributed by atoms with Crippen LogP contribution in [0.15, 0.2) is 66.7 Å². The summed E-state index contributed by atoms with van der Waals surface area (Å²) in [4.78, 5) is 26.5. The minimum atomic E-state index is -1.49. The number of aliphatic carboxylic acids is 2. The lowest BCUT2D eigenvalue weighted by atomic mass is 9.58. The Hall–Kier alpha value is -3.12. The quantitative estimate of drug-likeness (QED) is 0.680. The molecule has 0 heterocycles. The molecule has 2 unspecified atom stereocenters. The molecular weight excluding hydrogens is 382 g/mol. The molecule has 1 aliphatic rings. The third kappa shape index (κ3) is 3.48. The molecule has 3 rings (SSSR count). The van der Waals surface area contributed by atoms with Crippen molar-refractivity contribution < 1.29 is 24.5 Å². The van der Waals surface area contributed by atoms with E-state index in [1.807, 2.05) is 30.3 Å². The van der Waals surface area contributed by atoms with Crippen LogP contribution in [0.25, 0.3) is 0 Å². The van der Waals surface area contributed by atoms with E-state index in [0.717, 1.165) is 5.56 Å². The number of ether oxygens (including phenoxy) is 1. The van der Waals surface area contributed by atoms with Gasteiger partial charge in [0.15, 0.2) is 0 Å². The van der Waals surface area contributed by atoms with Gasteiger partial charge in [0.25, 0.3) is 0 Å². The minimum absolute atomic E-state index is 0.232. The predicted octanol–water partition coefficient (Wildman–Crippen LogP) is 3.57. The summed E-state index contributed by atoms with van der Waals surface area (Å²) < 4.78 is 5.89. The number of carboxylic acids is 2. The highest BCUT2D eigenvalue weighted by Crippen LogP contribution is 2.47. The van der Waals surface area contributed by atoms with Crippen LogP contribution >= 0.6 is 0 Å². The zero-order chi connectivity index (χ0) is 21.9. The largest absolute Gasteiger partial charge is 0.489 e. The molecule has 0 saturated carbocycles. The van der Waals surface area contributed by atoms with Gasteiger partial charge in [-0.25, -0.2) is 0 Å². The molecule has 0 fully saturated rings. The fraction of sp³-hybridized carbons (Fsp3) is 0.333. The average molecular weight is 409 g/mol. The second-order valence-electron chi connectivity index (χ2n) is 7.93. The van der Waals surface area contributed by atoms with E-state index >= 15 is 0 Å². The first kappa shape index (κ1) is 21.6. The number of rotatable bonds is 7. The fourth-order valence-electron chi connectivity index (χ4n) is 4.47. The molecular formula is C24H27NO5. The molecule has 6 nitrogen and oxygen atoms in total. The van der Waals surface area contributed by atoms with Crippen LogP contribution in [-0.4, -0.2) is 46.7 Å². The van der Waals surface area contributed by atoms with Crippen molar-refractivity contribution in [2.45, 2.75) is 30.9 Å². The first-order chi connectivity index (χ1) is 14.2. The Morgan fingerprint density at radius 1 is 1.07 bits per heavy atom. The summed E-state index contributed by atoms with van der Waals surface area (Å²) in [5.74, 6) is -2.32. The highest BCUT2D eigenvalue weighted by Gasteiger charge is 2.59. The monoisotopic (exact) mass is 409 g/mol. The summed E-state index contributed by atoms with van der Waals surface area (Å²) >= 11 is 0. The van der Waals surface area contributed by atoms with E-state index in [4.69, 9.17) is 4.74 Å². The van der Waals surface area contributed by atoms with Crippen molar-refractivity contribution in [1.29, 1.82) is 0 Å². The second kappa shape index (κ2) is 8.32. The van der Waals surface area contributed by atoms with Crippen molar-refractivity contribution in [3.8, 4) is 5.75 Å². The number of hydrogen-bond acceptors (Lipinski definition) is 4. The summed E-state index contributed by atoms with van der Waals surface area (Å²) in [5, 5.41) is 20.4. The van der Waals surface area contributed by atoms with Crippen LogP contribution < -0.4 is 4.74 Å². The number of carboxylic acid groups (broad SMARTS) is 2. The van der Waals surface area contributed by atoms with Crippen molar-refractivity contribution in [2.75, 3.05) is 14.1 Å². The van der Waals surface area contributed by atoms with E-state index < -0.39 is 28.8 Å². The Balaban J connectivity index is 2.02. The smallest absolute Gasteiger partial charge is 0.324 e. The first-order valence-corrected chi connectivity index (χ1v) is 9.84. The standard InChI is InChI=1S/C24H27NO5/c1-17-23(21(26)27,13-8-14-24(17,22(28)29)25(2)3)19-11-7-12-20(15-19)30-16-18-9-5-4-6-10-18/h4-13,15,17H,14,16H2,1-3H3,(H,26,27)(H,28,29)/t17-,23?,24?/m0/s1. The molecule has 0 bridgehead atoms. The van der Waals surface area contributed by atoms with Crippen LogP contribution in [-0.2, 0) is 21.6 Å². The molecule has 0 amide bonds. The zero-order valence-corrected chi connectivity index (χ0v) is 17.4. The number of hydrogen-bond donors (Lipinski definition) is 2. The van der Waals surface area contributed by atoms with Gasteiger partial charge in [-0.1, -0.05) is 61.5 Å². The minimum Gasteiger partial charge on any atom is -0.489 e. The van der Waals surface area contributed by atoms with E-state index in [1.54, 1.807) is 62.3 Å². The van der Waals surface area contributed by atoms with Crippen molar-refractivity contribution in [1.82, 2.24) is 4.90 Å². The molecule has 6 heteroatoms. The van der Waals surface area contributed by atoms with Crippen LogP contribution in [0.1, 0.15) is 24.5 Å². The van der Waals surface area contributed by atoms with Gasteiger partial charge in [0.2, 0.25) is 0 Å². The SMILES string of the molecule is C[C@H]1C(C(=O)O)(c2cccc(OCc3ccccc3)c2)C=CCC1(C(=O)O)N(C)C. The summed E-state index contributed by atoms with van der Waals surface area (Å²) in [6.07, 6.45) is 3.52. The number of likely N-dealkylation sites (N-methyl/N-ethyl adjacent to an activating group) is 1. The van der Waals surface area contributed by atoms with Gasteiger partial charge in [0, 0.05) is 5.92 Å². The maximum atomic E-state index is 12.6. The van der Waals surface area contributed by atoms with Crippen molar-refractivity contribution in [3.05, 3.63) is 77.9 Å². The van der Waals surface area contributed by atoms with Gasteiger partial charge in [0.1, 0.15) is 23.3 Å². The Kier molecular flexibility index (Phi) is 5.99. The van der Waals surface area contributed by atoms with Crippen molar-refractivity contribution in [2.24, 2.45) is 5.92 Å². The number of carbonyl (C=O) groups is 2. The third-order valence-electron chi connectivity index (χ3n) is 6.29. The van der Waals surface area contributed by atoms with Crippen molar-refractivity contribution in [3.63, 3.8) is 0 Å². The lowest BCUT2D eigenvalue weighted by Gasteiger charge is -2.49. The molecule has 0 spiro atoms. The molecule has 30 heavy (non-hydrogen) atoms. The summed E-state index contributed by atoms with van der Waals surface area (Å²) in [6.45, 7) is 2.05. The lowest BCUT2D eigenvalue weighted by molar-refractivity contribution is -0.159. The van der Waals surface area contributed by atoms with Crippen molar-refractivity contribution >= 4 is 11.9 Å². The van der Waals surface area contributed by atoms with Crippen LogP contribution in [0.3, 0.4) is 0 Å². The van der Waals surface area contributed by atoms with Crippen LogP contribution in [0, 0.1) is 5.92 Å². The Labute approximate surface area is 176 Å². The fourth-order valence-corrected chi connectivity index (χ4v) is 4.47.